The van der Waals surface area contributed by atoms with E-state index in [4.69, 9.17) is 0 Å². The minimum Gasteiger partial charge on any atom is -0.435 e. The molecule has 0 aliphatic rings. The van der Waals surface area contributed by atoms with Crippen molar-refractivity contribution in [3.63, 3.8) is 0 Å². The van der Waals surface area contributed by atoms with Gasteiger partial charge in [0.15, 0.2) is 0 Å². The maximum atomic E-state index is 11.7. The van der Waals surface area contributed by atoms with Crippen LogP contribution in [0.1, 0.15) is 0 Å². The van der Waals surface area contributed by atoms with Crippen LogP contribution >= 0.6 is 0 Å². The SMILES string of the molecule is O=CNc1ccc(OC(F)F)cc1. The van der Waals surface area contributed by atoms with Gasteiger partial charge in [0, 0.05) is 5.69 Å². The van der Waals surface area contributed by atoms with Gasteiger partial charge in [0.1, 0.15) is 5.75 Å². The molecule has 0 heterocycles. The van der Waals surface area contributed by atoms with Crippen molar-refractivity contribution in [2.75, 3.05) is 5.32 Å². The Balaban J connectivity index is 2.63. The summed E-state index contributed by atoms with van der Waals surface area (Å²) in [6, 6.07) is 5.62. The fourth-order valence-electron chi connectivity index (χ4n) is 0.801. The standard InChI is InChI=1S/C8H7F2NO2/c9-8(10)13-7-3-1-6(2-4-7)11-5-12/h1-5,8H,(H,11,12). The van der Waals surface area contributed by atoms with E-state index in [1.54, 1.807) is 0 Å². The molecule has 0 aromatic heterocycles. The third kappa shape index (κ3) is 3.06. The van der Waals surface area contributed by atoms with Crippen molar-refractivity contribution < 1.29 is 18.3 Å². The lowest BCUT2D eigenvalue weighted by Crippen LogP contribution is -2.01. The Labute approximate surface area is 73.3 Å². The Morgan fingerprint density at radius 2 is 1.92 bits per heavy atom. The molecule has 1 aromatic rings. The summed E-state index contributed by atoms with van der Waals surface area (Å²) in [7, 11) is 0. The highest BCUT2D eigenvalue weighted by Gasteiger charge is 2.02. The largest absolute Gasteiger partial charge is 0.435 e. The molecule has 3 nitrogen and oxygen atoms in total. The van der Waals surface area contributed by atoms with Crippen LogP contribution in [0.2, 0.25) is 0 Å². The van der Waals surface area contributed by atoms with Gasteiger partial charge in [-0.15, -0.1) is 0 Å². The molecular formula is C8H7F2NO2. The van der Waals surface area contributed by atoms with Gasteiger partial charge >= 0.3 is 6.61 Å². The Kier molecular flexibility index (Phi) is 3.19. The number of hydrogen-bond acceptors (Lipinski definition) is 2. The number of ether oxygens (including phenoxy) is 1. The number of amides is 1. The molecule has 0 unspecified atom stereocenters. The third-order valence-corrected chi connectivity index (χ3v) is 1.31. The normalized spacial score (nSPS) is 9.77. The lowest BCUT2D eigenvalue weighted by molar-refractivity contribution is -0.105. The lowest BCUT2D eigenvalue weighted by Gasteiger charge is -2.04. The fraction of sp³-hybridized carbons (Fsp3) is 0.125. The highest BCUT2D eigenvalue weighted by Crippen LogP contribution is 2.16. The molecule has 13 heavy (non-hydrogen) atoms. The predicted octanol–water partition coefficient (Wildman–Crippen LogP) is 1.86. The molecule has 0 bridgehead atoms. The Morgan fingerprint density at radius 1 is 1.31 bits per heavy atom. The van der Waals surface area contributed by atoms with Crippen LogP contribution in [-0.2, 0) is 4.79 Å². The van der Waals surface area contributed by atoms with Crippen LogP contribution in [0.3, 0.4) is 0 Å². The number of benzene rings is 1. The van der Waals surface area contributed by atoms with Gasteiger partial charge in [-0.3, -0.25) is 4.79 Å². The van der Waals surface area contributed by atoms with Gasteiger partial charge in [-0.2, -0.15) is 8.78 Å². The molecule has 0 aliphatic heterocycles. The molecule has 1 rings (SSSR count). The van der Waals surface area contributed by atoms with Gasteiger partial charge < -0.3 is 10.1 Å². The van der Waals surface area contributed by atoms with E-state index in [9.17, 15) is 13.6 Å². The average molecular weight is 187 g/mol. The van der Waals surface area contributed by atoms with Crippen LogP contribution in [0.25, 0.3) is 0 Å². The summed E-state index contributed by atoms with van der Waals surface area (Å²) in [4.78, 5) is 9.97. The Hall–Kier alpha value is -1.65. The molecule has 0 aliphatic carbocycles. The maximum absolute atomic E-state index is 11.7. The maximum Gasteiger partial charge on any atom is 0.387 e. The average Bonchev–Trinajstić information content (AvgIpc) is 2.08. The van der Waals surface area contributed by atoms with Crippen molar-refractivity contribution in [3.8, 4) is 5.75 Å². The quantitative estimate of drug-likeness (QED) is 0.730. The van der Waals surface area contributed by atoms with Crippen LogP contribution in [-0.4, -0.2) is 13.0 Å². The smallest absolute Gasteiger partial charge is 0.387 e. The molecular weight excluding hydrogens is 180 g/mol. The molecule has 0 atom stereocenters. The minimum absolute atomic E-state index is 0.0615. The zero-order chi connectivity index (χ0) is 9.68. The first-order valence-electron chi connectivity index (χ1n) is 3.47. The lowest BCUT2D eigenvalue weighted by atomic mass is 10.3. The monoisotopic (exact) mass is 187 g/mol. The van der Waals surface area contributed by atoms with Gasteiger partial charge in [-0.05, 0) is 24.3 Å². The van der Waals surface area contributed by atoms with Gasteiger partial charge in [-0.25, -0.2) is 0 Å². The van der Waals surface area contributed by atoms with E-state index in [0.29, 0.717) is 12.1 Å². The van der Waals surface area contributed by atoms with E-state index in [0.717, 1.165) is 0 Å². The number of rotatable bonds is 4. The first kappa shape index (κ1) is 9.44. The van der Waals surface area contributed by atoms with Gasteiger partial charge in [-0.1, -0.05) is 0 Å². The van der Waals surface area contributed by atoms with Crippen molar-refractivity contribution in [1.82, 2.24) is 0 Å². The summed E-state index contributed by atoms with van der Waals surface area (Å²) in [5.74, 6) is 0.0615. The Bertz CT molecular complexity index is 274. The van der Waals surface area contributed by atoms with E-state index in [2.05, 4.69) is 10.1 Å². The summed E-state index contributed by atoms with van der Waals surface area (Å²) in [5.41, 5.74) is 0.525. The van der Waals surface area contributed by atoms with Crippen LogP contribution in [0.15, 0.2) is 24.3 Å². The van der Waals surface area contributed by atoms with E-state index >= 15 is 0 Å². The van der Waals surface area contributed by atoms with Gasteiger partial charge in [0.2, 0.25) is 6.41 Å². The van der Waals surface area contributed by atoms with Gasteiger partial charge in [0.05, 0.1) is 0 Å². The molecule has 0 saturated heterocycles. The molecule has 1 aromatic carbocycles. The first-order chi connectivity index (χ1) is 6.22. The van der Waals surface area contributed by atoms with Crippen molar-refractivity contribution >= 4 is 12.1 Å². The van der Waals surface area contributed by atoms with Crippen molar-refractivity contribution in [2.45, 2.75) is 6.61 Å². The fourth-order valence-corrected chi connectivity index (χ4v) is 0.801. The second-order valence-corrected chi connectivity index (χ2v) is 2.17. The molecule has 1 amide bonds. The van der Waals surface area contributed by atoms with E-state index in [1.807, 2.05) is 0 Å². The molecule has 0 radical (unpaired) electrons. The number of hydrogen-bond donors (Lipinski definition) is 1. The summed E-state index contributed by atoms with van der Waals surface area (Å²) in [6.45, 7) is -2.83. The van der Waals surface area contributed by atoms with Crippen LogP contribution in [0.5, 0.6) is 5.75 Å². The molecule has 70 valence electrons. The van der Waals surface area contributed by atoms with E-state index in [1.165, 1.54) is 24.3 Å². The molecule has 0 spiro atoms. The van der Waals surface area contributed by atoms with Crippen molar-refractivity contribution in [3.05, 3.63) is 24.3 Å². The number of anilines is 1. The zero-order valence-corrected chi connectivity index (χ0v) is 6.54. The van der Waals surface area contributed by atoms with E-state index < -0.39 is 6.61 Å². The van der Waals surface area contributed by atoms with Crippen LogP contribution < -0.4 is 10.1 Å². The van der Waals surface area contributed by atoms with Crippen LogP contribution in [0, 0.1) is 0 Å². The molecule has 1 N–H and O–H groups in total. The van der Waals surface area contributed by atoms with Gasteiger partial charge in [0.25, 0.3) is 0 Å². The summed E-state index contributed by atoms with van der Waals surface area (Å²) < 4.78 is 27.4. The highest BCUT2D eigenvalue weighted by molar-refractivity contribution is 5.71. The zero-order valence-electron chi connectivity index (χ0n) is 6.54. The topological polar surface area (TPSA) is 38.3 Å². The highest BCUT2D eigenvalue weighted by atomic mass is 19.3. The van der Waals surface area contributed by atoms with E-state index in [-0.39, 0.29) is 5.75 Å². The van der Waals surface area contributed by atoms with Crippen molar-refractivity contribution in [2.24, 2.45) is 0 Å². The number of nitrogens with one attached hydrogen (secondary N) is 1. The second kappa shape index (κ2) is 4.39. The number of halogens is 2. The second-order valence-electron chi connectivity index (χ2n) is 2.17. The third-order valence-electron chi connectivity index (χ3n) is 1.31. The Morgan fingerprint density at radius 3 is 2.38 bits per heavy atom. The molecule has 0 fully saturated rings. The first-order valence-corrected chi connectivity index (χ1v) is 3.47. The molecule has 5 heteroatoms. The number of carbonyl (C=O) groups excluding carboxylic acids is 1. The summed E-state index contributed by atoms with van der Waals surface area (Å²) in [5, 5.41) is 2.36. The van der Waals surface area contributed by atoms with Crippen LogP contribution in [0.4, 0.5) is 14.5 Å². The summed E-state index contributed by atoms with van der Waals surface area (Å²) in [6.07, 6.45) is 0.503. The number of alkyl halides is 2. The minimum atomic E-state index is -2.83. The summed E-state index contributed by atoms with van der Waals surface area (Å²) >= 11 is 0. The van der Waals surface area contributed by atoms with Crippen molar-refractivity contribution in [1.29, 1.82) is 0 Å². The number of carbonyl (C=O) groups is 1. The molecule has 0 saturated carbocycles. The predicted molar refractivity (Wildman–Crippen MR) is 42.8 cm³/mol.